The van der Waals surface area contributed by atoms with Crippen LogP contribution in [0.15, 0.2) is 46.9 Å². The molecule has 0 amide bonds. The number of hydrogen-bond acceptors (Lipinski definition) is 1. The largest absolute Gasteiger partial charge is 0.320 e. The summed E-state index contributed by atoms with van der Waals surface area (Å²) in [6, 6.07) is 14.4. The number of halogens is 2. The van der Waals surface area contributed by atoms with Gasteiger partial charge in [-0.05, 0) is 47.6 Å². The fraction of sp³-hybridized carbons (Fsp3) is 0.294. The van der Waals surface area contributed by atoms with Crippen molar-refractivity contribution < 1.29 is 0 Å². The molecule has 3 heteroatoms. The van der Waals surface area contributed by atoms with Crippen LogP contribution in [0, 0.1) is 0 Å². The summed E-state index contributed by atoms with van der Waals surface area (Å²) in [7, 11) is 0. The van der Waals surface area contributed by atoms with Gasteiger partial charge in [0.15, 0.2) is 0 Å². The molecule has 2 aromatic carbocycles. The standard InChI is InChI=1S/C17H17BrClN/c18-16-10-14(19)7-8-15(16)17(20)13-6-2-5-12(9-13)11-3-1-4-11/h2,5-11,17H,1,3-4,20H2. The van der Waals surface area contributed by atoms with E-state index in [4.69, 9.17) is 17.3 Å². The van der Waals surface area contributed by atoms with Gasteiger partial charge in [0, 0.05) is 9.50 Å². The lowest BCUT2D eigenvalue weighted by molar-refractivity contribution is 0.419. The minimum Gasteiger partial charge on any atom is -0.320 e. The highest BCUT2D eigenvalue weighted by atomic mass is 79.9. The minimum atomic E-state index is -0.123. The van der Waals surface area contributed by atoms with Crippen LogP contribution in [0.5, 0.6) is 0 Å². The van der Waals surface area contributed by atoms with E-state index in [1.54, 1.807) is 0 Å². The second-order valence-electron chi connectivity index (χ2n) is 5.44. The molecule has 0 spiro atoms. The van der Waals surface area contributed by atoms with E-state index >= 15 is 0 Å². The Balaban J connectivity index is 1.91. The first kappa shape index (κ1) is 14.1. The zero-order chi connectivity index (χ0) is 14.1. The Bertz CT molecular complexity index is 622. The summed E-state index contributed by atoms with van der Waals surface area (Å²) in [4.78, 5) is 0. The van der Waals surface area contributed by atoms with Crippen LogP contribution in [0.25, 0.3) is 0 Å². The molecule has 1 nitrogen and oxygen atoms in total. The van der Waals surface area contributed by atoms with E-state index in [-0.39, 0.29) is 6.04 Å². The molecular formula is C17H17BrClN. The van der Waals surface area contributed by atoms with Crippen LogP contribution >= 0.6 is 27.5 Å². The summed E-state index contributed by atoms with van der Waals surface area (Å²) in [5.74, 6) is 0.732. The van der Waals surface area contributed by atoms with Crippen LogP contribution in [0.4, 0.5) is 0 Å². The molecule has 1 fully saturated rings. The molecule has 0 radical (unpaired) electrons. The lowest BCUT2D eigenvalue weighted by atomic mass is 9.79. The average molecular weight is 351 g/mol. The highest BCUT2D eigenvalue weighted by Crippen LogP contribution is 2.37. The van der Waals surface area contributed by atoms with Crippen molar-refractivity contribution in [2.45, 2.75) is 31.2 Å². The summed E-state index contributed by atoms with van der Waals surface area (Å²) in [5.41, 5.74) is 10.1. The van der Waals surface area contributed by atoms with Crippen molar-refractivity contribution in [3.05, 3.63) is 68.7 Å². The maximum absolute atomic E-state index is 6.42. The Morgan fingerprint density at radius 1 is 1.15 bits per heavy atom. The molecule has 0 heterocycles. The van der Waals surface area contributed by atoms with Crippen molar-refractivity contribution in [1.82, 2.24) is 0 Å². The minimum absolute atomic E-state index is 0.123. The Hall–Kier alpha value is -0.830. The van der Waals surface area contributed by atoms with Crippen molar-refractivity contribution in [2.24, 2.45) is 5.73 Å². The number of benzene rings is 2. The second-order valence-corrected chi connectivity index (χ2v) is 6.73. The fourth-order valence-electron chi connectivity index (χ4n) is 2.68. The van der Waals surface area contributed by atoms with Gasteiger partial charge >= 0.3 is 0 Å². The third-order valence-electron chi connectivity index (χ3n) is 4.14. The van der Waals surface area contributed by atoms with Crippen LogP contribution in [0.2, 0.25) is 5.02 Å². The Labute approximate surface area is 133 Å². The van der Waals surface area contributed by atoms with Gasteiger partial charge in [0.2, 0.25) is 0 Å². The van der Waals surface area contributed by atoms with Gasteiger partial charge in [0.1, 0.15) is 0 Å². The molecule has 1 saturated carbocycles. The average Bonchev–Trinajstić information content (AvgIpc) is 2.36. The zero-order valence-corrected chi connectivity index (χ0v) is 13.5. The molecule has 1 aliphatic rings. The van der Waals surface area contributed by atoms with Crippen molar-refractivity contribution in [3.8, 4) is 0 Å². The highest BCUT2D eigenvalue weighted by Gasteiger charge is 2.20. The molecule has 1 unspecified atom stereocenters. The fourth-order valence-corrected chi connectivity index (χ4v) is 3.61. The summed E-state index contributed by atoms with van der Waals surface area (Å²) in [5, 5.41) is 0.719. The molecule has 0 bridgehead atoms. The van der Waals surface area contributed by atoms with Gasteiger partial charge in [-0.3, -0.25) is 0 Å². The molecule has 1 aliphatic carbocycles. The predicted octanol–water partition coefficient (Wildman–Crippen LogP) is 5.42. The highest BCUT2D eigenvalue weighted by molar-refractivity contribution is 9.10. The van der Waals surface area contributed by atoms with Crippen molar-refractivity contribution in [2.75, 3.05) is 0 Å². The van der Waals surface area contributed by atoms with Gasteiger partial charge in [0.25, 0.3) is 0 Å². The van der Waals surface area contributed by atoms with Crippen LogP contribution in [-0.4, -0.2) is 0 Å². The summed E-state index contributed by atoms with van der Waals surface area (Å²) < 4.78 is 0.964. The van der Waals surface area contributed by atoms with Crippen LogP contribution in [-0.2, 0) is 0 Å². The molecule has 1 atom stereocenters. The summed E-state index contributed by atoms with van der Waals surface area (Å²) in [6.45, 7) is 0. The van der Waals surface area contributed by atoms with Gasteiger partial charge in [-0.15, -0.1) is 0 Å². The smallest absolute Gasteiger partial charge is 0.0562 e. The Kier molecular flexibility index (Phi) is 4.16. The lowest BCUT2D eigenvalue weighted by Crippen LogP contribution is -2.14. The first-order valence-electron chi connectivity index (χ1n) is 6.95. The molecule has 2 N–H and O–H groups in total. The molecule has 20 heavy (non-hydrogen) atoms. The van der Waals surface area contributed by atoms with E-state index < -0.39 is 0 Å². The maximum atomic E-state index is 6.42. The normalized spacial score (nSPS) is 16.8. The van der Waals surface area contributed by atoms with Gasteiger partial charge in [-0.2, -0.15) is 0 Å². The van der Waals surface area contributed by atoms with Crippen LogP contribution in [0.3, 0.4) is 0 Å². The number of nitrogens with two attached hydrogens (primary N) is 1. The van der Waals surface area contributed by atoms with Crippen molar-refractivity contribution in [3.63, 3.8) is 0 Å². The van der Waals surface area contributed by atoms with E-state index in [1.165, 1.54) is 24.8 Å². The predicted molar refractivity (Wildman–Crippen MR) is 88.2 cm³/mol. The molecule has 0 aliphatic heterocycles. The Morgan fingerprint density at radius 2 is 1.95 bits per heavy atom. The summed E-state index contributed by atoms with van der Waals surface area (Å²) >= 11 is 9.54. The first-order valence-corrected chi connectivity index (χ1v) is 8.12. The molecule has 0 saturated heterocycles. The van der Waals surface area contributed by atoms with Gasteiger partial charge < -0.3 is 5.73 Å². The second kappa shape index (κ2) is 5.88. The quantitative estimate of drug-likeness (QED) is 0.786. The van der Waals surface area contributed by atoms with E-state index in [0.29, 0.717) is 0 Å². The van der Waals surface area contributed by atoms with Crippen LogP contribution < -0.4 is 5.73 Å². The third-order valence-corrected chi connectivity index (χ3v) is 5.07. The van der Waals surface area contributed by atoms with Gasteiger partial charge in [-0.1, -0.05) is 64.3 Å². The third kappa shape index (κ3) is 2.78. The maximum Gasteiger partial charge on any atom is 0.0562 e. The SMILES string of the molecule is NC(c1cccc(C2CCC2)c1)c1ccc(Cl)cc1Br. The van der Waals surface area contributed by atoms with E-state index in [1.807, 2.05) is 18.2 Å². The first-order chi connectivity index (χ1) is 9.65. The molecule has 104 valence electrons. The van der Waals surface area contributed by atoms with Crippen LogP contribution in [0.1, 0.15) is 47.9 Å². The summed E-state index contributed by atoms with van der Waals surface area (Å²) in [6.07, 6.45) is 3.97. The lowest BCUT2D eigenvalue weighted by Gasteiger charge is -2.26. The van der Waals surface area contributed by atoms with Crippen molar-refractivity contribution >= 4 is 27.5 Å². The van der Waals surface area contributed by atoms with E-state index in [9.17, 15) is 0 Å². The van der Waals surface area contributed by atoms with Gasteiger partial charge in [0.05, 0.1) is 6.04 Å². The monoisotopic (exact) mass is 349 g/mol. The van der Waals surface area contributed by atoms with Crippen molar-refractivity contribution in [1.29, 1.82) is 0 Å². The number of hydrogen-bond donors (Lipinski definition) is 1. The topological polar surface area (TPSA) is 26.0 Å². The Morgan fingerprint density at radius 3 is 2.60 bits per heavy atom. The number of rotatable bonds is 3. The molecular weight excluding hydrogens is 334 g/mol. The molecule has 0 aromatic heterocycles. The molecule has 3 rings (SSSR count). The zero-order valence-electron chi connectivity index (χ0n) is 11.2. The molecule has 2 aromatic rings. The van der Waals surface area contributed by atoms with Gasteiger partial charge in [-0.25, -0.2) is 0 Å². The van der Waals surface area contributed by atoms with E-state index in [2.05, 4.69) is 40.2 Å². The van der Waals surface area contributed by atoms with E-state index in [0.717, 1.165) is 26.5 Å².